The molecule has 2 rings (SSSR count). The van der Waals surface area contributed by atoms with Crippen LogP contribution in [0, 0.1) is 12.8 Å². The number of rotatable bonds is 3. The zero-order chi connectivity index (χ0) is 19.5. The number of piperidine rings is 1. The number of methoxy groups -OCH3 is 1. The van der Waals surface area contributed by atoms with Crippen molar-refractivity contribution in [2.75, 3.05) is 20.2 Å². The molecule has 144 valence electrons. The Hall–Kier alpha value is -1.82. The first kappa shape index (κ1) is 20.5. The van der Waals surface area contributed by atoms with Crippen LogP contribution in [0.4, 0.5) is 4.79 Å². The van der Waals surface area contributed by atoms with E-state index < -0.39 is 5.60 Å². The van der Waals surface area contributed by atoms with Gasteiger partial charge in [-0.05, 0) is 64.5 Å². The van der Waals surface area contributed by atoms with Crippen LogP contribution in [0.1, 0.15) is 61.3 Å². The number of allylic oxidation sites excluding steroid dienone is 2. The molecule has 6 heteroatoms. The van der Waals surface area contributed by atoms with E-state index in [1.807, 2.05) is 40.0 Å². The number of likely N-dealkylation sites (tertiary alicyclic amines) is 1. The van der Waals surface area contributed by atoms with Crippen molar-refractivity contribution >= 4 is 29.0 Å². The second kappa shape index (κ2) is 8.25. The first-order valence-electron chi connectivity index (χ1n) is 8.98. The minimum absolute atomic E-state index is 0.238. The van der Waals surface area contributed by atoms with Gasteiger partial charge in [-0.25, -0.2) is 9.59 Å². The number of nitrogens with zero attached hydrogens (tertiary/aromatic N) is 1. The third kappa shape index (κ3) is 4.67. The molecule has 0 atom stereocenters. The smallest absolute Gasteiger partial charge is 0.410 e. The largest absolute Gasteiger partial charge is 0.465 e. The Kier molecular flexibility index (Phi) is 6.50. The number of carbonyl (C=O) groups excluding carboxylic acids is 2. The summed E-state index contributed by atoms with van der Waals surface area (Å²) in [6, 6.07) is 0. The number of carbonyl (C=O) groups is 2. The van der Waals surface area contributed by atoms with Crippen LogP contribution >= 0.6 is 11.3 Å². The Morgan fingerprint density at radius 1 is 1.27 bits per heavy atom. The molecule has 0 bridgehead atoms. The molecule has 0 N–H and O–H groups in total. The van der Waals surface area contributed by atoms with E-state index in [1.165, 1.54) is 12.7 Å². The van der Waals surface area contributed by atoms with Gasteiger partial charge in [0, 0.05) is 23.3 Å². The van der Waals surface area contributed by atoms with Gasteiger partial charge in [0.25, 0.3) is 0 Å². The number of amides is 1. The number of esters is 1. The molecule has 0 spiro atoms. The Morgan fingerprint density at radius 3 is 2.38 bits per heavy atom. The van der Waals surface area contributed by atoms with Crippen molar-refractivity contribution in [3.63, 3.8) is 0 Å². The Morgan fingerprint density at radius 2 is 1.88 bits per heavy atom. The fourth-order valence-electron chi connectivity index (χ4n) is 3.26. The fraction of sp³-hybridized carbons (Fsp3) is 0.600. The minimum atomic E-state index is -0.471. The molecule has 1 aliphatic rings. The van der Waals surface area contributed by atoms with Gasteiger partial charge in [0.2, 0.25) is 0 Å². The number of hydrogen-bond donors (Lipinski definition) is 0. The maximum absolute atomic E-state index is 12.2. The van der Waals surface area contributed by atoms with Gasteiger partial charge >= 0.3 is 12.1 Å². The highest BCUT2D eigenvalue weighted by atomic mass is 32.1. The lowest BCUT2D eigenvalue weighted by atomic mass is 9.87. The molecule has 0 aromatic carbocycles. The predicted octanol–water partition coefficient (Wildman–Crippen LogP) is 4.89. The third-order valence-electron chi connectivity index (χ3n) is 4.60. The quantitative estimate of drug-likeness (QED) is 0.702. The van der Waals surface area contributed by atoms with Crippen molar-refractivity contribution in [2.45, 2.75) is 53.1 Å². The Bertz CT molecular complexity index is 691. The SMILES string of the molecule is C/C=C(\c1scc(C(=O)OC)c1C)C1CCN(C(=O)OC(C)(C)C)CC1. The van der Waals surface area contributed by atoms with Gasteiger partial charge in [-0.2, -0.15) is 0 Å². The molecule has 0 unspecified atom stereocenters. The fourth-order valence-corrected chi connectivity index (χ4v) is 4.48. The van der Waals surface area contributed by atoms with Crippen molar-refractivity contribution < 1.29 is 19.1 Å². The summed E-state index contributed by atoms with van der Waals surface area (Å²) < 4.78 is 10.3. The zero-order valence-electron chi connectivity index (χ0n) is 16.5. The summed E-state index contributed by atoms with van der Waals surface area (Å²) in [7, 11) is 1.40. The Labute approximate surface area is 160 Å². The molecule has 1 aromatic heterocycles. The zero-order valence-corrected chi connectivity index (χ0v) is 17.4. The van der Waals surface area contributed by atoms with Crippen molar-refractivity contribution in [1.82, 2.24) is 4.90 Å². The van der Waals surface area contributed by atoms with Gasteiger partial charge in [-0.1, -0.05) is 6.08 Å². The van der Waals surface area contributed by atoms with E-state index in [2.05, 4.69) is 6.08 Å². The normalized spacial score (nSPS) is 16.5. The van der Waals surface area contributed by atoms with Gasteiger partial charge in [0.15, 0.2) is 0 Å². The second-order valence-corrected chi connectivity index (χ2v) is 8.46. The molecular weight excluding hydrogens is 350 g/mol. The summed E-state index contributed by atoms with van der Waals surface area (Å²) in [5.41, 5.74) is 2.40. The van der Waals surface area contributed by atoms with Crippen molar-refractivity contribution in [2.24, 2.45) is 5.92 Å². The van der Waals surface area contributed by atoms with Crippen LogP contribution in [0.3, 0.4) is 0 Å². The molecule has 0 saturated carbocycles. The van der Waals surface area contributed by atoms with E-state index in [9.17, 15) is 9.59 Å². The molecule has 2 heterocycles. The lowest BCUT2D eigenvalue weighted by molar-refractivity contribution is 0.0199. The lowest BCUT2D eigenvalue weighted by Gasteiger charge is -2.34. The molecule has 5 nitrogen and oxygen atoms in total. The molecule has 1 amide bonds. The molecule has 1 fully saturated rings. The van der Waals surface area contributed by atoms with E-state index >= 15 is 0 Å². The van der Waals surface area contributed by atoms with E-state index in [0.29, 0.717) is 24.6 Å². The number of ether oxygens (including phenoxy) is 2. The maximum atomic E-state index is 12.2. The number of hydrogen-bond acceptors (Lipinski definition) is 5. The molecule has 1 aliphatic heterocycles. The van der Waals surface area contributed by atoms with Crippen LogP contribution < -0.4 is 0 Å². The summed E-state index contributed by atoms with van der Waals surface area (Å²) >= 11 is 1.59. The molecular formula is C20H29NO4S. The standard InChI is InChI=1S/C20H29NO4S/c1-7-15(17-13(2)16(12-26-17)18(22)24-6)14-8-10-21(11-9-14)19(23)25-20(3,4)5/h7,12,14H,8-11H2,1-6H3/b15-7-. The van der Waals surface area contributed by atoms with Crippen LogP contribution in [-0.2, 0) is 9.47 Å². The van der Waals surface area contributed by atoms with E-state index in [0.717, 1.165) is 23.3 Å². The Balaban J connectivity index is 2.07. The molecule has 1 saturated heterocycles. The van der Waals surface area contributed by atoms with E-state index in [-0.39, 0.29) is 12.1 Å². The summed E-state index contributed by atoms with van der Waals surface area (Å²) in [5.74, 6) is 0.0849. The van der Waals surface area contributed by atoms with Crippen LogP contribution in [-0.4, -0.2) is 42.8 Å². The topological polar surface area (TPSA) is 55.8 Å². The first-order valence-corrected chi connectivity index (χ1v) is 9.86. The van der Waals surface area contributed by atoms with Crippen LogP contribution in [0.5, 0.6) is 0 Å². The summed E-state index contributed by atoms with van der Waals surface area (Å²) in [6.07, 6.45) is 3.68. The van der Waals surface area contributed by atoms with Gasteiger partial charge in [-0.3, -0.25) is 0 Å². The summed E-state index contributed by atoms with van der Waals surface area (Å²) in [6.45, 7) is 11.0. The third-order valence-corrected chi connectivity index (χ3v) is 5.74. The molecule has 0 radical (unpaired) electrons. The van der Waals surface area contributed by atoms with Gasteiger partial charge < -0.3 is 14.4 Å². The minimum Gasteiger partial charge on any atom is -0.465 e. The monoisotopic (exact) mass is 379 g/mol. The van der Waals surface area contributed by atoms with Crippen molar-refractivity contribution in [1.29, 1.82) is 0 Å². The second-order valence-electron chi connectivity index (χ2n) is 7.58. The number of thiophene rings is 1. The van der Waals surface area contributed by atoms with Crippen LogP contribution in [0.2, 0.25) is 0 Å². The van der Waals surface area contributed by atoms with Crippen molar-refractivity contribution in [3.05, 3.63) is 27.5 Å². The van der Waals surface area contributed by atoms with Gasteiger partial charge in [0.05, 0.1) is 12.7 Å². The summed E-state index contributed by atoms with van der Waals surface area (Å²) in [4.78, 5) is 27.0. The predicted molar refractivity (Wildman–Crippen MR) is 105 cm³/mol. The van der Waals surface area contributed by atoms with Gasteiger partial charge in [-0.15, -0.1) is 11.3 Å². The van der Waals surface area contributed by atoms with Crippen LogP contribution in [0.25, 0.3) is 5.57 Å². The molecule has 0 aliphatic carbocycles. The van der Waals surface area contributed by atoms with E-state index in [1.54, 1.807) is 16.2 Å². The van der Waals surface area contributed by atoms with Crippen LogP contribution in [0.15, 0.2) is 11.5 Å². The average Bonchev–Trinajstić information content (AvgIpc) is 2.95. The molecule has 1 aromatic rings. The first-order chi connectivity index (χ1) is 12.2. The van der Waals surface area contributed by atoms with Gasteiger partial charge in [0.1, 0.15) is 5.60 Å². The average molecular weight is 380 g/mol. The molecule has 26 heavy (non-hydrogen) atoms. The lowest BCUT2D eigenvalue weighted by Crippen LogP contribution is -2.41. The summed E-state index contributed by atoms with van der Waals surface area (Å²) in [5, 5.41) is 1.87. The highest BCUT2D eigenvalue weighted by Gasteiger charge is 2.30. The van der Waals surface area contributed by atoms with Crippen molar-refractivity contribution in [3.8, 4) is 0 Å². The maximum Gasteiger partial charge on any atom is 0.410 e. The van der Waals surface area contributed by atoms with E-state index in [4.69, 9.17) is 9.47 Å². The highest BCUT2D eigenvalue weighted by Crippen LogP contribution is 2.38. The highest BCUT2D eigenvalue weighted by molar-refractivity contribution is 7.11.